The standard InChI is InChI=1S/C18H17N3OS/c1-11(22)12-6-8-13(9-7-12)21-17(20)16(10-19)14-4-2-3-5-15(14)18(21)23/h6-9H,2-5,20H2,1H3. The van der Waals surface area contributed by atoms with Gasteiger partial charge >= 0.3 is 0 Å². The van der Waals surface area contributed by atoms with Crippen LogP contribution in [0.2, 0.25) is 0 Å². The number of rotatable bonds is 2. The van der Waals surface area contributed by atoms with Crippen LogP contribution in [-0.4, -0.2) is 10.4 Å². The fourth-order valence-electron chi connectivity index (χ4n) is 3.15. The van der Waals surface area contributed by atoms with Crippen LogP contribution in [0, 0.1) is 16.0 Å². The molecule has 0 radical (unpaired) electrons. The smallest absolute Gasteiger partial charge is 0.159 e. The lowest BCUT2D eigenvalue weighted by molar-refractivity contribution is 0.101. The fraction of sp³-hybridized carbons (Fsp3) is 0.278. The van der Waals surface area contributed by atoms with E-state index in [4.69, 9.17) is 18.0 Å². The zero-order valence-electron chi connectivity index (χ0n) is 12.9. The number of benzene rings is 1. The van der Waals surface area contributed by atoms with E-state index < -0.39 is 0 Å². The molecule has 1 aliphatic carbocycles. The first kappa shape index (κ1) is 15.4. The Kier molecular flexibility index (Phi) is 4.01. The van der Waals surface area contributed by atoms with E-state index in [0.717, 1.165) is 42.5 Å². The maximum atomic E-state index is 11.4. The average Bonchev–Trinajstić information content (AvgIpc) is 2.56. The Morgan fingerprint density at radius 3 is 2.39 bits per heavy atom. The fourth-order valence-corrected chi connectivity index (χ4v) is 3.58. The predicted octanol–water partition coefficient (Wildman–Crippen LogP) is 3.74. The van der Waals surface area contributed by atoms with Crippen LogP contribution in [0.4, 0.5) is 5.82 Å². The van der Waals surface area contributed by atoms with E-state index in [2.05, 4.69) is 6.07 Å². The van der Waals surface area contributed by atoms with Crippen molar-refractivity contribution in [2.24, 2.45) is 0 Å². The molecular formula is C18H17N3OS. The molecule has 0 bridgehead atoms. The third kappa shape index (κ3) is 2.55. The SMILES string of the molecule is CC(=O)c1ccc(-n2c(N)c(C#N)c3c(c2=S)CCCC3)cc1. The van der Waals surface area contributed by atoms with Gasteiger partial charge in [0.25, 0.3) is 0 Å². The van der Waals surface area contributed by atoms with E-state index in [1.165, 1.54) is 6.92 Å². The average molecular weight is 323 g/mol. The molecule has 0 fully saturated rings. The van der Waals surface area contributed by atoms with Crippen LogP contribution in [0.1, 0.15) is 46.8 Å². The molecule has 0 aliphatic heterocycles. The second kappa shape index (κ2) is 5.98. The van der Waals surface area contributed by atoms with Crippen LogP contribution in [-0.2, 0) is 12.8 Å². The van der Waals surface area contributed by atoms with E-state index in [1.807, 2.05) is 12.1 Å². The topological polar surface area (TPSA) is 71.8 Å². The highest BCUT2D eigenvalue weighted by Crippen LogP contribution is 2.31. The predicted molar refractivity (Wildman–Crippen MR) is 92.4 cm³/mol. The summed E-state index contributed by atoms with van der Waals surface area (Å²) in [7, 11) is 0. The Balaban J connectivity index is 2.26. The highest BCUT2D eigenvalue weighted by molar-refractivity contribution is 7.71. The summed E-state index contributed by atoms with van der Waals surface area (Å²) < 4.78 is 2.42. The highest BCUT2D eigenvalue weighted by atomic mass is 32.1. The number of carbonyl (C=O) groups excluding carboxylic acids is 1. The Morgan fingerprint density at radius 2 is 1.83 bits per heavy atom. The molecule has 3 rings (SSSR count). The van der Waals surface area contributed by atoms with Gasteiger partial charge in [0.05, 0.1) is 5.56 Å². The third-order valence-corrected chi connectivity index (χ3v) is 4.80. The van der Waals surface area contributed by atoms with Crippen LogP contribution >= 0.6 is 12.2 Å². The lowest BCUT2D eigenvalue weighted by Crippen LogP contribution is -2.16. The number of pyridine rings is 1. The van der Waals surface area contributed by atoms with Crippen molar-refractivity contribution in [3.63, 3.8) is 0 Å². The van der Waals surface area contributed by atoms with Crippen LogP contribution in [0.25, 0.3) is 5.69 Å². The van der Waals surface area contributed by atoms with Gasteiger partial charge in [0, 0.05) is 11.3 Å². The molecule has 0 saturated carbocycles. The van der Waals surface area contributed by atoms with Crippen molar-refractivity contribution in [1.82, 2.24) is 4.57 Å². The number of ketones is 1. The maximum Gasteiger partial charge on any atom is 0.159 e. The number of carbonyl (C=O) groups is 1. The van der Waals surface area contributed by atoms with Crippen molar-refractivity contribution in [3.05, 3.63) is 51.2 Å². The van der Waals surface area contributed by atoms with Crippen LogP contribution in [0.5, 0.6) is 0 Å². The number of aromatic nitrogens is 1. The van der Waals surface area contributed by atoms with Crippen molar-refractivity contribution in [2.75, 3.05) is 5.73 Å². The van der Waals surface area contributed by atoms with Crippen molar-refractivity contribution < 1.29 is 4.79 Å². The number of Topliss-reactive ketones (excluding diaryl/α,β-unsaturated/α-hetero) is 1. The molecule has 5 heteroatoms. The lowest BCUT2D eigenvalue weighted by atomic mass is 9.89. The van der Waals surface area contributed by atoms with Gasteiger partial charge in [0.1, 0.15) is 16.5 Å². The summed E-state index contributed by atoms with van der Waals surface area (Å²) in [6, 6.07) is 9.39. The Bertz CT molecular complexity index is 888. The number of nitriles is 1. The molecule has 116 valence electrons. The zero-order valence-corrected chi connectivity index (χ0v) is 13.7. The molecule has 2 aromatic rings. The molecule has 4 nitrogen and oxygen atoms in total. The molecule has 0 saturated heterocycles. The number of nitrogens with zero attached hydrogens (tertiary/aromatic N) is 2. The monoisotopic (exact) mass is 323 g/mol. The molecule has 1 aliphatic rings. The summed E-state index contributed by atoms with van der Waals surface area (Å²) in [6.45, 7) is 1.53. The van der Waals surface area contributed by atoms with Gasteiger partial charge in [-0.2, -0.15) is 5.26 Å². The van der Waals surface area contributed by atoms with Crippen molar-refractivity contribution in [3.8, 4) is 11.8 Å². The lowest BCUT2D eigenvalue weighted by Gasteiger charge is -2.22. The molecule has 0 unspecified atom stereocenters. The highest BCUT2D eigenvalue weighted by Gasteiger charge is 2.21. The first-order valence-corrected chi connectivity index (χ1v) is 8.03. The van der Waals surface area contributed by atoms with Crippen molar-refractivity contribution in [1.29, 1.82) is 5.26 Å². The molecule has 1 heterocycles. The van der Waals surface area contributed by atoms with Gasteiger partial charge in [-0.05, 0) is 68.0 Å². The minimum atomic E-state index is 0.0104. The van der Waals surface area contributed by atoms with Gasteiger partial charge in [-0.15, -0.1) is 0 Å². The van der Waals surface area contributed by atoms with Crippen molar-refractivity contribution >= 4 is 23.8 Å². The summed E-state index contributed by atoms with van der Waals surface area (Å²) in [5.74, 6) is 0.394. The quantitative estimate of drug-likeness (QED) is 0.675. The number of hydrogen-bond donors (Lipinski definition) is 1. The summed E-state index contributed by atoms with van der Waals surface area (Å²) in [6.07, 6.45) is 3.88. The third-order valence-electron chi connectivity index (χ3n) is 4.37. The molecule has 23 heavy (non-hydrogen) atoms. The first-order valence-electron chi connectivity index (χ1n) is 7.62. The number of hydrogen-bond acceptors (Lipinski definition) is 4. The van der Waals surface area contributed by atoms with E-state index >= 15 is 0 Å². The number of fused-ring (bicyclic) bond motifs is 1. The van der Waals surface area contributed by atoms with Crippen molar-refractivity contribution in [2.45, 2.75) is 32.6 Å². The summed E-state index contributed by atoms with van der Waals surface area (Å²) in [4.78, 5) is 11.4. The number of anilines is 1. The van der Waals surface area contributed by atoms with E-state index in [0.29, 0.717) is 21.6 Å². The van der Waals surface area contributed by atoms with Gasteiger partial charge in [-0.3, -0.25) is 9.36 Å². The van der Waals surface area contributed by atoms with Gasteiger partial charge < -0.3 is 5.73 Å². The summed E-state index contributed by atoms with van der Waals surface area (Å²) >= 11 is 5.65. The Hall–Kier alpha value is -2.45. The van der Waals surface area contributed by atoms with E-state index in [9.17, 15) is 10.1 Å². The van der Waals surface area contributed by atoms with Gasteiger partial charge in [0.2, 0.25) is 0 Å². The minimum absolute atomic E-state index is 0.0104. The Morgan fingerprint density at radius 1 is 1.22 bits per heavy atom. The maximum absolute atomic E-state index is 11.4. The first-order chi connectivity index (χ1) is 11.0. The van der Waals surface area contributed by atoms with Crippen LogP contribution in [0.15, 0.2) is 24.3 Å². The second-order valence-corrected chi connectivity index (χ2v) is 6.17. The van der Waals surface area contributed by atoms with Gasteiger partial charge in [-0.1, -0.05) is 12.2 Å². The molecular weight excluding hydrogens is 306 g/mol. The molecule has 0 spiro atoms. The van der Waals surface area contributed by atoms with Gasteiger partial charge in [0.15, 0.2) is 5.78 Å². The van der Waals surface area contributed by atoms with E-state index in [-0.39, 0.29) is 5.78 Å². The summed E-state index contributed by atoms with van der Waals surface area (Å²) in [5.41, 5.74) is 10.3. The molecule has 1 aromatic carbocycles. The molecule has 2 N–H and O–H groups in total. The Labute approximate surface area is 140 Å². The van der Waals surface area contributed by atoms with Gasteiger partial charge in [-0.25, -0.2) is 0 Å². The molecule has 1 aromatic heterocycles. The number of nitrogen functional groups attached to an aromatic ring is 1. The molecule has 0 amide bonds. The minimum Gasteiger partial charge on any atom is -0.384 e. The second-order valence-electron chi connectivity index (χ2n) is 5.78. The normalized spacial score (nSPS) is 13.2. The van der Waals surface area contributed by atoms with Crippen LogP contribution in [0.3, 0.4) is 0 Å². The largest absolute Gasteiger partial charge is 0.384 e. The van der Waals surface area contributed by atoms with Crippen LogP contribution < -0.4 is 5.73 Å². The molecule has 0 atom stereocenters. The summed E-state index contributed by atoms with van der Waals surface area (Å²) in [5, 5.41) is 9.53. The van der Waals surface area contributed by atoms with E-state index in [1.54, 1.807) is 16.7 Å². The zero-order chi connectivity index (χ0) is 16.6. The number of nitrogens with two attached hydrogens (primary N) is 1.